The molecule has 1 aliphatic rings. The summed E-state index contributed by atoms with van der Waals surface area (Å²) in [6.07, 6.45) is 0.863. The lowest BCUT2D eigenvalue weighted by Gasteiger charge is -2.05. The predicted molar refractivity (Wildman–Crippen MR) is 42.3 cm³/mol. The maximum atomic E-state index is 10.3. The Morgan fingerprint density at radius 3 is 2.55 bits per heavy atom. The molecule has 1 fully saturated rings. The Labute approximate surface area is 67.7 Å². The van der Waals surface area contributed by atoms with E-state index in [2.05, 4.69) is 0 Å². The summed E-state index contributed by atoms with van der Waals surface area (Å²) in [5.74, 6) is -0.217. The number of hydrogen-bond acceptors (Lipinski definition) is 3. The van der Waals surface area contributed by atoms with E-state index in [1.54, 1.807) is 0 Å². The minimum Gasteiger partial charge on any atom is -0.460 e. The number of carbonyl (C=O) groups is 1. The highest BCUT2D eigenvalue weighted by atomic mass is 16.6. The van der Waals surface area contributed by atoms with E-state index in [-0.39, 0.29) is 12.1 Å². The Bertz CT molecular complexity index is 106. The van der Waals surface area contributed by atoms with E-state index in [1.165, 1.54) is 6.92 Å². The summed E-state index contributed by atoms with van der Waals surface area (Å²) >= 11 is 0. The first kappa shape index (κ1) is 10.4. The lowest BCUT2D eigenvalue weighted by Crippen LogP contribution is -2.15. The standard InChI is InChI=1S/C6H10O3.C2H6/c1-5(7)9-6-2-3-8-4-6;1-2/h6H,2-4H2,1H3;1-2H3. The molecule has 0 N–H and O–H groups in total. The fourth-order valence-electron chi connectivity index (χ4n) is 0.841. The van der Waals surface area contributed by atoms with Crippen molar-refractivity contribution in [2.75, 3.05) is 13.2 Å². The number of ether oxygens (including phenoxy) is 2. The first-order chi connectivity index (χ1) is 5.29. The molecule has 0 bridgehead atoms. The van der Waals surface area contributed by atoms with Crippen LogP contribution in [0.5, 0.6) is 0 Å². The molecule has 0 saturated carbocycles. The zero-order valence-corrected chi connectivity index (χ0v) is 7.42. The molecule has 1 saturated heterocycles. The van der Waals surface area contributed by atoms with Gasteiger partial charge in [-0.3, -0.25) is 4.79 Å². The topological polar surface area (TPSA) is 35.5 Å². The molecule has 3 nitrogen and oxygen atoms in total. The quantitative estimate of drug-likeness (QED) is 0.543. The van der Waals surface area contributed by atoms with Crippen molar-refractivity contribution >= 4 is 5.97 Å². The van der Waals surface area contributed by atoms with Crippen LogP contribution in [0.1, 0.15) is 27.2 Å². The summed E-state index contributed by atoms with van der Waals surface area (Å²) in [6.45, 7) is 6.70. The van der Waals surface area contributed by atoms with Gasteiger partial charge in [-0.25, -0.2) is 0 Å². The van der Waals surface area contributed by atoms with Crippen molar-refractivity contribution in [1.82, 2.24) is 0 Å². The van der Waals surface area contributed by atoms with Gasteiger partial charge in [0, 0.05) is 13.3 Å². The van der Waals surface area contributed by atoms with Gasteiger partial charge in [0.25, 0.3) is 0 Å². The molecule has 1 rings (SSSR count). The average molecular weight is 160 g/mol. The van der Waals surface area contributed by atoms with E-state index in [1.807, 2.05) is 13.8 Å². The Morgan fingerprint density at radius 2 is 2.18 bits per heavy atom. The van der Waals surface area contributed by atoms with Gasteiger partial charge in [-0.05, 0) is 0 Å². The Kier molecular flexibility index (Phi) is 5.84. The molecule has 11 heavy (non-hydrogen) atoms. The summed E-state index contributed by atoms with van der Waals surface area (Å²) in [5, 5.41) is 0. The first-order valence-electron chi connectivity index (χ1n) is 4.04. The zero-order chi connectivity index (χ0) is 8.69. The van der Waals surface area contributed by atoms with Crippen LogP contribution in [0.15, 0.2) is 0 Å². The molecule has 0 aromatic rings. The second-order valence-electron chi connectivity index (χ2n) is 2.10. The van der Waals surface area contributed by atoms with Crippen molar-refractivity contribution in [1.29, 1.82) is 0 Å². The number of carbonyl (C=O) groups excluding carboxylic acids is 1. The fourth-order valence-corrected chi connectivity index (χ4v) is 0.841. The van der Waals surface area contributed by atoms with Crippen LogP contribution >= 0.6 is 0 Å². The molecule has 66 valence electrons. The van der Waals surface area contributed by atoms with Crippen LogP contribution in [0, 0.1) is 0 Å². The molecule has 1 heterocycles. The summed E-state index contributed by atoms with van der Waals surface area (Å²) < 4.78 is 9.83. The van der Waals surface area contributed by atoms with E-state index >= 15 is 0 Å². The van der Waals surface area contributed by atoms with Crippen LogP contribution < -0.4 is 0 Å². The van der Waals surface area contributed by atoms with E-state index in [0.717, 1.165) is 13.0 Å². The SMILES string of the molecule is CC.CC(=O)OC1CCOC1. The molecular formula is C8H16O3. The molecular weight excluding hydrogens is 144 g/mol. The Morgan fingerprint density at radius 1 is 1.55 bits per heavy atom. The molecule has 0 radical (unpaired) electrons. The normalized spacial score (nSPS) is 21.9. The largest absolute Gasteiger partial charge is 0.460 e. The average Bonchev–Trinajstić information content (AvgIpc) is 2.43. The maximum Gasteiger partial charge on any atom is 0.302 e. The number of hydrogen-bond donors (Lipinski definition) is 0. The Balaban J connectivity index is 0.000000461. The highest BCUT2D eigenvalue weighted by molar-refractivity contribution is 5.66. The van der Waals surface area contributed by atoms with Crippen LogP contribution in [0.4, 0.5) is 0 Å². The Hall–Kier alpha value is -0.570. The number of esters is 1. The molecule has 1 atom stereocenters. The first-order valence-corrected chi connectivity index (χ1v) is 4.04. The van der Waals surface area contributed by atoms with E-state index in [0.29, 0.717) is 6.61 Å². The zero-order valence-electron chi connectivity index (χ0n) is 7.42. The second-order valence-corrected chi connectivity index (χ2v) is 2.10. The molecule has 3 heteroatoms. The highest BCUT2D eigenvalue weighted by Gasteiger charge is 2.17. The lowest BCUT2D eigenvalue weighted by atomic mass is 10.3. The molecule has 1 unspecified atom stereocenters. The van der Waals surface area contributed by atoms with Crippen molar-refractivity contribution in [3.63, 3.8) is 0 Å². The summed E-state index contributed by atoms with van der Waals surface area (Å²) in [5.41, 5.74) is 0. The summed E-state index contributed by atoms with van der Waals surface area (Å²) in [6, 6.07) is 0. The van der Waals surface area contributed by atoms with Gasteiger partial charge in [0.1, 0.15) is 6.10 Å². The van der Waals surface area contributed by atoms with Crippen molar-refractivity contribution in [3.8, 4) is 0 Å². The minimum atomic E-state index is -0.217. The van der Waals surface area contributed by atoms with Crippen LogP contribution in [-0.4, -0.2) is 25.3 Å². The highest BCUT2D eigenvalue weighted by Crippen LogP contribution is 2.07. The smallest absolute Gasteiger partial charge is 0.302 e. The minimum absolute atomic E-state index is 0.0162. The fraction of sp³-hybridized carbons (Fsp3) is 0.875. The molecule has 0 aromatic heterocycles. The van der Waals surface area contributed by atoms with Gasteiger partial charge in [0.05, 0.1) is 13.2 Å². The summed E-state index contributed by atoms with van der Waals surface area (Å²) in [4.78, 5) is 10.3. The van der Waals surface area contributed by atoms with Gasteiger partial charge in [0.2, 0.25) is 0 Å². The third kappa shape index (κ3) is 4.79. The molecule has 0 amide bonds. The lowest BCUT2D eigenvalue weighted by molar-refractivity contribution is -0.146. The third-order valence-electron chi connectivity index (χ3n) is 1.22. The van der Waals surface area contributed by atoms with E-state index in [9.17, 15) is 4.79 Å². The molecule has 1 aliphatic heterocycles. The van der Waals surface area contributed by atoms with Gasteiger partial charge >= 0.3 is 5.97 Å². The predicted octanol–water partition coefficient (Wildman–Crippen LogP) is 1.36. The van der Waals surface area contributed by atoms with Crippen LogP contribution in [-0.2, 0) is 14.3 Å². The van der Waals surface area contributed by atoms with Gasteiger partial charge in [-0.2, -0.15) is 0 Å². The van der Waals surface area contributed by atoms with Crippen LogP contribution in [0.2, 0.25) is 0 Å². The third-order valence-corrected chi connectivity index (χ3v) is 1.22. The van der Waals surface area contributed by atoms with E-state index < -0.39 is 0 Å². The molecule has 0 aliphatic carbocycles. The van der Waals surface area contributed by atoms with Crippen LogP contribution in [0.25, 0.3) is 0 Å². The number of rotatable bonds is 1. The monoisotopic (exact) mass is 160 g/mol. The van der Waals surface area contributed by atoms with Crippen molar-refractivity contribution in [2.24, 2.45) is 0 Å². The van der Waals surface area contributed by atoms with Gasteiger partial charge < -0.3 is 9.47 Å². The molecule has 0 spiro atoms. The second kappa shape index (κ2) is 6.16. The summed E-state index contributed by atoms with van der Waals surface area (Å²) in [7, 11) is 0. The van der Waals surface area contributed by atoms with Crippen molar-refractivity contribution in [2.45, 2.75) is 33.3 Å². The van der Waals surface area contributed by atoms with Gasteiger partial charge in [0.15, 0.2) is 0 Å². The van der Waals surface area contributed by atoms with Crippen molar-refractivity contribution in [3.05, 3.63) is 0 Å². The van der Waals surface area contributed by atoms with Gasteiger partial charge in [-0.1, -0.05) is 13.8 Å². The maximum absolute atomic E-state index is 10.3. The van der Waals surface area contributed by atoms with Gasteiger partial charge in [-0.15, -0.1) is 0 Å². The van der Waals surface area contributed by atoms with Crippen molar-refractivity contribution < 1.29 is 14.3 Å². The van der Waals surface area contributed by atoms with Crippen LogP contribution in [0.3, 0.4) is 0 Å². The molecule has 0 aromatic carbocycles. The van der Waals surface area contributed by atoms with E-state index in [4.69, 9.17) is 9.47 Å².